The van der Waals surface area contributed by atoms with Crippen molar-refractivity contribution in [1.82, 2.24) is 0 Å². The van der Waals surface area contributed by atoms with Gasteiger partial charge in [0.25, 0.3) is 0 Å². The molecule has 0 saturated carbocycles. The molecule has 2 nitrogen and oxygen atoms in total. The Morgan fingerprint density at radius 2 is 2.13 bits per heavy atom. The number of rotatable bonds is 4. The molecule has 2 atom stereocenters. The third-order valence-electron chi connectivity index (χ3n) is 2.88. The van der Waals surface area contributed by atoms with Gasteiger partial charge in [-0.1, -0.05) is 25.5 Å². The number of aliphatic hydroxyl groups excluding tert-OH is 1. The smallest absolute Gasteiger partial charge is 0.0499 e. The highest BCUT2D eigenvalue weighted by Crippen LogP contribution is 2.28. The van der Waals surface area contributed by atoms with Crippen LogP contribution in [0.2, 0.25) is 0 Å². The van der Waals surface area contributed by atoms with Gasteiger partial charge in [-0.2, -0.15) is 0 Å². The maximum Gasteiger partial charge on any atom is 0.0499 e. The fourth-order valence-electron chi connectivity index (χ4n) is 1.96. The summed E-state index contributed by atoms with van der Waals surface area (Å²) in [4.78, 5) is 0. The summed E-state index contributed by atoms with van der Waals surface area (Å²) in [7, 11) is 1.00. The van der Waals surface area contributed by atoms with E-state index in [1.165, 1.54) is 12.8 Å². The highest BCUT2D eigenvalue weighted by Gasteiger charge is 2.19. The Morgan fingerprint density at radius 1 is 1.47 bits per heavy atom. The van der Waals surface area contributed by atoms with Crippen LogP contribution in [0.5, 0.6) is 0 Å². The average molecular weight is 214 g/mol. The molecule has 0 fully saturated rings. The van der Waals surface area contributed by atoms with Crippen molar-refractivity contribution in [1.29, 1.82) is 0 Å². The standard InChI is InChI=1S/C12H22O.CH4O/c1-4-7-13-9-12-6-5-10(2)8-11(12)3;1-2/h8,11-12H,4-7,9H2,1-3H3;2H,1H3. The molecule has 0 heterocycles. The van der Waals surface area contributed by atoms with Crippen molar-refractivity contribution < 1.29 is 9.84 Å². The summed E-state index contributed by atoms with van der Waals surface area (Å²) in [6.07, 6.45) is 6.12. The second-order valence-corrected chi connectivity index (χ2v) is 4.25. The van der Waals surface area contributed by atoms with Crippen molar-refractivity contribution in [2.45, 2.75) is 40.0 Å². The van der Waals surface area contributed by atoms with E-state index in [2.05, 4.69) is 26.8 Å². The maximum atomic E-state index is 7.00. The van der Waals surface area contributed by atoms with E-state index in [9.17, 15) is 0 Å². The summed E-state index contributed by atoms with van der Waals surface area (Å²) in [5.41, 5.74) is 1.55. The normalized spacial score (nSPS) is 25.3. The number of hydrogen-bond acceptors (Lipinski definition) is 2. The predicted octanol–water partition coefficient (Wildman–Crippen LogP) is 3.01. The van der Waals surface area contributed by atoms with Crippen LogP contribution in [0.1, 0.15) is 40.0 Å². The van der Waals surface area contributed by atoms with Crippen LogP contribution in [-0.2, 0) is 4.74 Å². The Labute approximate surface area is 94.3 Å². The molecule has 0 aromatic carbocycles. The molecule has 1 aliphatic rings. The van der Waals surface area contributed by atoms with Crippen molar-refractivity contribution in [3.63, 3.8) is 0 Å². The predicted molar refractivity (Wildman–Crippen MR) is 64.9 cm³/mol. The first-order valence-corrected chi connectivity index (χ1v) is 5.93. The Bertz CT molecular complexity index is 175. The minimum Gasteiger partial charge on any atom is -0.400 e. The average Bonchev–Trinajstić information content (AvgIpc) is 2.24. The highest BCUT2D eigenvalue weighted by molar-refractivity contribution is 5.05. The molecule has 0 saturated heterocycles. The van der Waals surface area contributed by atoms with Crippen LogP contribution in [0, 0.1) is 11.8 Å². The van der Waals surface area contributed by atoms with Gasteiger partial charge in [0.15, 0.2) is 0 Å². The summed E-state index contributed by atoms with van der Waals surface area (Å²) in [5.74, 6) is 1.47. The topological polar surface area (TPSA) is 29.5 Å². The van der Waals surface area contributed by atoms with Gasteiger partial charge in [0.2, 0.25) is 0 Å². The van der Waals surface area contributed by atoms with E-state index in [4.69, 9.17) is 9.84 Å². The highest BCUT2D eigenvalue weighted by atomic mass is 16.5. The molecule has 15 heavy (non-hydrogen) atoms. The molecule has 90 valence electrons. The first kappa shape index (κ1) is 14.7. The lowest BCUT2D eigenvalue weighted by molar-refractivity contribution is 0.0820. The molecule has 0 aliphatic heterocycles. The molecule has 0 aromatic rings. The number of allylic oxidation sites excluding steroid dienone is 2. The van der Waals surface area contributed by atoms with Crippen LogP contribution in [0.15, 0.2) is 11.6 Å². The SMILES string of the molecule is CCCOCC1CCC(C)=CC1C.CO. The lowest BCUT2D eigenvalue weighted by atomic mass is 9.83. The minimum absolute atomic E-state index is 0.714. The summed E-state index contributed by atoms with van der Waals surface area (Å²) in [5, 5.41) is 7.00. The van der Waals surface area contributed by atoms with Gasteiger partial charge in [0.05, 0.1) is 0 Å². The molecule has 0 aromatic heterocycles. The molecule has 0 spiro atoms. The van der Waals surface area contributed by atoms with Gasteiger partial charge in [-0.15, -0.1) is 0 Å². The maximum absolute atomic E-state index is 7.00. The van der Waals surface area contributed by atoms with Gasteiger partial charge in [0, 0.05) is 20.3 Å². The van der Waals surface area contributed by atoms with Crippen molar-refractivity contribution >= 4 is 0 Å². The van der Waals surface area contributed by atoms with Crippen molar-refractivity contribution in [3.8, 4) is 0 Å². The Balaban J connectivity index is 0.000000921. The quantitative estimate of drug-likeness (QED) is 0.576. The van der Waals surface area contributed by atoms with E-state index in [1.54, 1.807) is 5.57 Å². The van der Waals surface area contributed by atoms with E-state index < -0.39 is 0 Å². The summed E-state index contributed by atoms with van der Waals surface area (Å²) in [6.45, 7) is 8.58. The molecule has 2 unspecified atom stereocenters. The van der Waals surface area contributed by atoms with Gasteiger partial charge in [-0.3, -0.25) is 0 Å². The molecule has 2 heteroatoms. The molecule has 1 N–H and O–H groups in total. The van der Waals surface area contributed by atoms with Gasteiger partial charge < -0.3 is 9.84 Å². The van der Waals surface area contributed by atoms with Crippen LogP contribution in [0.4, 0.5) is 0 Å². The molecule has 1 aliphatic carbocycles. The third kappa shape index (κ3) is 5.95. The zero-order valence-electron chi connectivity index (χ0n) is 10.6. The summed E-state index contributed by atoms with van der Waals surface area (Å²) in [6, 6.07) is 0. The zero-order valence-corrected chi connectivity index (χ0v) is 10.6. The first-order valence-electron chi connectivity index (χ1n) is 5.93. The Hall–Kier alpha value is -0.340. The van der Waals surface area contributed by atoms with E-state index in [0.29, 0.717) is 5.92 Å². The summed E-state index contributed by atoms with van der Waals surface area (Å²) < 4.78 is 5.60. The summed E-state index contributed by atoms with van der Waals surface area (Å²) >= 11 is 0. The first-order chi connectivity index (χ1) is 7.24. The van der Waals surface area contributed by atoms with Crippen molar-refractivity contribution in [2.75, 3.05) is 20.3 Å². The molecular formula is C13H26O2. The van der Waals surface area contributed by atoms with Crippen LogP contribution < -0.4 is 0 Å². The zero-order chi connectivity index (χ0) is 11.7. The van der Waals surface area contributed by atoms with Gasteiger partial charge in [0.1, 0.15) is 0 Å². The van der Waals surface area contributed by atoms with E-state index in [-0.39, 0.29) is 0 Å². The lowest BCUT2D eigenvalue weighted by Crippen LogP contribution is -2.20. The fraction of sp³-hybridized carbons (Fsp3) is 0.846. The van der Waals surface area contributed by atoms with Gasteiger partial charge in [-0.25, -0.2) is 0 Å². The Kier molecular flexibility index (Phi) is 8.73. The van der Waals surface area contributed by atoms with E-state index in [0.717, 1.165) is 32.7 Å². The molecule has 0 bridgehead atoms. The molecular weight excluding hydrogens is 188 g/mol. The van der Waals surface area contributed by atoms with E-state index >= 15 is 0 Å². The fourth-order valence-corrected chi connectivity index (χ4v) is 1.96. The lowest BCUT2D eigenvalue weighted by Gasteiger charge is -2.26. The number of aliphatic hydroxyl groups is 1. The second kappa shape index (κ2) is 8.93. The minimum atomic E-state index is 0.714. The largest absolute Gasteiger partial charge is 0.400 e. The van der Waals surface area contributed by atoms with Gasteiger partial charge >= 0.3 is 0 Å². The third-order valence-corrected chi connectivity index (χ3v) is 2.88. The van der Waals surface area contributed by atoms with Crippen LogP contribution in [0.3, 0.4) is 0 Å². The van der Waals surface area contributed by atoms with Crippen LogP contribution in [0.25, 0.3) is 0 Å². The van der Waals surface area contributed by atoms with Gasteiger partial charge in [-0.05, 0) is 38.0 Å². The second-order valence-electron chi connectivity index (χ2n) is 4.25. The number of ether oxygens (including phenoxy) is 1. The van der Waals surface area contributed by atoms with E-state index in [1.807, 2.05) is 0 Å². The molecule has 1 rings (SSSR count). The van der Waals surface area contributed by atoms with Crippen molar-refractivity contribution in [2.24, 2.45) is 11.8 Å². The van der Waals surface area contributed by atoms with Crippen LogP contribution in [-0.4, -0.2) is 25.4 Å². The number of hydrogen-bond donors (Lipinski definition) is 1. The molecule has 0 radical (unpaired) electrons. The molecule has 0 amide bonds. The Morgan fingerprint density at radius 3 is 2.67 bits per heavy atom. The van der Waals surface area contributed by atoms with Crippen LogP contribution >= 0.6 is 0 Å². The monoisotopic (exact) mass is 214 g/mol. The van der Waals surface area contributed by atoms with Crippen molar-refractivity contribution in [3.05, 3.63) is 11.6 Å².